The smallest absolute Gasteiger partial charge is 0.347 e. The van der Waals surface area contributed by atoms with Gasteiger partial charge in [-0.2, -0.15) is 0 Å². The minimum atomic E-state index is -1.24. The summed E-state index contributed by atoms with van der Waals surface area (Å²) in [6.45, 7) is 5.42. The summed E-state index contributed by atoms with van der Waals surface area (Å²) in [6, 6.07) is 17.4. The standard InChI is InChI=1S/C21H27NO4/c1-21(2,20(23)24)26-19-12-6-8-17(16-19)9-7-13-22-14-15-25-18-10-4-3-5-11-18/h3-6,8,10-12,16,22H,7,9,13-15H2,1-2H3,(H,23,24). The lowest BCUT2D eigenvalue weighted by molar-refractivity contribution is -0.152. The van der Waals surface area contributed by atoms with Crippen molar-refractivity contribution in [2.45, 2.75) is 32.3 Å². The van der Waals surface area contributed by atoms with Gasteiger partial charge in [-0.1, -0.05) is 30.3 Å². The van der Waals surface area contributed by atoms with Crippen molar-refractivity contribution in [1.82, 2.24) is 5.32 Å². The van der Waals surface area contributed by atoms with Gasteiger partial charge in [-0.05, 0) is 63.1 Å². The summed E-state index contributed by atoms with van der Waals surface area (Å²) in [5.41, 5.74) is -0.107. The maximum Gasteiger partial charge on any atom is 0.347 e. The molecule has 26 heavy (non-hydrogen) atoms. The first kappa shape index (κ1) is 19.8. The second-order valence-corrected chi connectivity index (χ2v) is 6.58. The minimum Gasteiger partial charge on any atom is -0.492 e. The van der Waals surface area contributed by atoms with Crippen LogP contribution in [0.5, 0.6) is 11.5 Å². The summed E-state index contributed by atoms with van der Waals surface area (Å²) in [4.78, 5) is 11.2. The molecular weight excluding hydrogens is 330 g/mol. The molecule has 0 amide bonds. The molecule has 0 spiro atoms. The van der Waals surface area contributed by atoms with Crippen LogP contribution in [0.25, 0.3) is 0 Å². The van der Waals surface area contributed by atoms with Crippen LogP contribution in [0.3, 0.4) is 0 Å². The molecule has 0 saturated heterocycles. The van der Waals surface area contributed by atoms with Crippen LogP contribution >= 0.6 is 0 Å². The maximum absolute atomic E-state index is 11.2. The van der Waals surface area contributed by atoms with Gasteiger partial charge in [-0.3, -0.25) is 0 Å². The summed E-state index contributed by atoms with van der Waals surface area (Å²) >= 11 is 0. The highest BCUT2D eigenvalue weighted by molar-refractivity contribution is 5.76. The number of ether oxygens (including phenoxy) is 2. The predicted octanol–water partition coefficient (Wildman–Crippen LogP) is 3.53. The Bertz CT molecular complexity index is 685. The number of nitrogens with one attached hydrogen (secondary N) is 1. The van der Waals surface area contributed by atoms with E-state index in [0.717, 1.165) is 37.2 Å². The number of carboxylic acids is 1. The number of rotatable bonds is 11. The Hall–Kier alpha value is -2.53. The van der Waals surface area contributed by atoms with Gasteiger partial charge >= 0.3 is 5.97 Å². The minimum absolute atomic E-state index is 0.583. The van der Waals surface area contributed by atoms with Crippen molar-refractivity contribution in [2.24, 2.45) is 0 Å². The number of carboxylic acid groups (broad SMARTS) is 1. The van der Waals surface area contributed by atoms with E-state index in [1.54, 1.807) is 19.9 Å². The lowest BCUT2D eigenvalue weighted by Gasteiger charge is -2.21. The zero-order chi connectivity index (χ0) is 18.8. The SMILES string of the molecule is CC(C)(Oc1cccc(CCCNCCOc2ccccc2)c1)C(=O)O. The number of carbonyl (C=O) groups is 1. The normalized spacial score (nSPS) is 11.2. The zero-order valence-electron chi connectivity index (χ0n) is 15.4. The van der Waals surface area contributed by atoms with E-state index in [2.05, 4.69) is 5.32 Å². The van der Waals surface area contributed by atoms with Crippen molar-refractivity contribution in [3.8, 4) is 11.5 Å². The molecular formula is C21H27NO4. The van der Waals surface area contributed by atoms with Crippen molar-refractivity contribution in [3.05, 3.63) is 60.2 Å². The van der Waals surface area contributed by atoms with Crippen LogP contribution in [-0.2, 0) is 11.2 Å². The Morgan fingerprint density at radius 3 is 2.50 bits per heavy atom. The van der Waals surface area contributed by atoms with E-state index >= 15 is 0 Å². The molecule has 0 aromatic heterocycles. The molecule has 0 aliphatic carbocycles. The number of hydrogen-bond donors (Lipinski definition) is 2. The summed E-state index contributed by atoms with van der Waals surface area (Å²) in [5, 5.41) is 12.5. The van der Waals surface area contributed by atoms with E-state index in [1.165, 1.54) is 0 Å². The van der Waals surface area contributed by atoms with Gasteiger partial charge in [0.2, 0.25) is 0 Å². The van der Waals surface area contributed by atoms with Gasteiger partial charge in [0.25, 0.3) is 0 Å². The van der Waals surface area contributed by atoms with Crippen molar-refractivity contribution < 1.29 is 19.4 Å². The zero-order valence-corrected chi connectivity index (χ0v) is 15.4. The molecule has 0 heterocycles. The first-order chi connectivity index (χ1) is 12.5. The van der Waals surface area contributed by atoms with Crippen molar-refractivity contribution >= 4 is 5.97 Å². The molecule has 2 aromatic rings. The van der Waals surface area contributed by atoms with E-state index in [-0.39, 0.29) is 0 Å². The van der Waals surface area contributed by atoms with Crippen LogP contribution < -0.4 is 14.8 Å². The molecule has 0 saturated carbocycles. The highest BCUT2D eigenvalue weighted by atomic mass is 16.5. The molecule has 2 N–H and O–H groups in total. The molecule has 0 aliphatic rings. The van der Waals surface area contributed by atoms with Crippen LogP contribution in [0, 0.1) is 0 Å². The van der Waals surface area contributed by atoms with Gasteiger partial charge in [-0.15, -0.1) is 0 Å². The van der Waals surface area contributed by atoms with E-state index in [4.69, 9.17) is 14.6 Å². The van der Waals surface area contributed by atoms with E-state index in [9.17, 15) is 4.79 Å². The fourth-order valence-corrected chi connectivity index (χ4v) is 2.40. The predicted molar refractivity (Wildman–Crippen MR) is 102 cm³/mol. The topological polar surface area (TPSA) is 67.8 Å². The largest absolute Gasteiger partial charge is 0.492 e. The third-order valence-corrected chi connectivity index (χ3v) is 3.90. The first-order valence-corrected chi connectivity index (χ1v) is 8.87. The molecule has 0 aliphatic heterocycles. The van der Waals surface area contributed by atoms with Crippen LogP contribution in [-0.4, -0.2) is 36.4 Å². The average Bonchev–Trinajstić information content (AvgIpc) is 2.61. The van der Waals surface area contributed by atoms with Crippen LogP contribution in [0.4, 0.5) is 0 Å². The summed E-state index contributed by atoms with van der Waals surface area (Å²) in [5.74, 6) is 0.486. The number of hydrogen-bond acceptors (Lipinski definition) is 4. The molecule has 2 aromatic carbocycles. The quantitative estimate of drug-likeness (QED) is 0.602. The van der Waals surface area contributed by atoms with E-state index in [1.807, 2.05) is 48.5 Å². The van der Waals surface area contributed by atoms with Gasteiger partial charge in [0.05, 0.1) is 0 Å². The third kappa shape index (κ3) is 6.76. The van der Waals surface area contributed by atoms with Gasteiger partial charge in [0, 0.05) is 6.54 Å². The fourth-order valence-electron chi connectivity index (χ4n) is 2.40. The molecule has 0 radical (unpaired) electrons. The molecule has 0 bridgehead atoms. The fraction of sp³-hybridized carbons (Fsp3) is 0.381. The number of para-hydroxylation sites is 1. The van der Waals surface area contributed by atoms with Crippen molar-refractivity contribution in [2.75, 3.05) is 19.7 Å². The lowest BCUT2D eigenvalue weighted by atomic mass is 10.1. The van der Waals surface area contributed by atoms with Gasteiger partial charge < -0.3 is 19.9 Å². The molecule has 140 valence electrons. The second kappa shape index (κ2) is 9.82. The molecule has 0 fully saturated rings. The third-order valence-electron chi connectivity index (χ3n) is 3.90. The van der Waals surface area contributed by atoms with Crippen molar-refractivity contribution in [1.29, 1.82) is 0 Å². The highest BCUT2D eigenvalue weighted by Crippen LogP contribution is 2.20. The van der Waals surface area contributed by atoms with Gasteiger partial charge in [-0.25, -0.2) is 4.79 Å². The summed E-state index contributed by atoms with van der Waals surface area (Å²) in [6.07, 6.45) is 1.88. The molecule has 2 rings (SSSR count). The van der Waals surface area contributed by atoms with E-state index in [0.29, 0.717) is 12.4 Å². The Morgan fingerprint density at radius 1 is 1.04 bits per heavy atom. The number of aryl methyl sites for hydroxylation is 1. The van der Waals surface area contributed by atoms with Crippen molar-refractivity contribution in [3.63, 3.8) is 0 Å². The first-order valence-electron chi connectivity index (χ1n) is 8.87. The summed E-state index contributed by atoms with van der Waals surface area (Å²) < 4.78 is 11.2. The van der Waals surface area contributed by atoms with Crippen LogP contribution in [0.2, 0.25) is 0 Å². The Kier molecular flexibility index (Phi) is 7.48. The number of aliphatic carboxylic acids is 1. The monoisotopic (exact) mass is 357 g/mol. The highest BCUT2D eigenvalue weighted by Gasteiger charge is 2.29. The summed E-state index contributed by atoms with van der Waals surface area (Å²) in [7, 11) is 0. The average molecular weight is 357 g/mol. The van der Waals surface area contributed by atoms with Crippen LogP contribution in [0.15, 0.2) is 54.6 Å². The Morgan fingerprint density at radius 2 is 1.77 bits per heavy atom. The van der Waals surface area contributed by atoms with Gasteiger partial charge in [0.15, 0.2) is 5.60 Å². The Labute approximate surface area is 155 Å². The second-order valence-electron chi connectivity index (χ2n) is 6.58. The molecule has 5 heteroatoms. The molecule has 0 atom stereocenters. The molecule has 5 nitrogen and oxygen atoms in total. The van der Waals surface area contributed by atoms with Gasteiger partial charge in [0.1, 0.15) is 18.1 Å². The van der Waals surface area contributed by atoms with Crippen LogP contribution in [0.1, 0.15) is 25.8 Å². The molecule has 0 unspecified atom stereocenters. The number of benzene rings is 2. The maximum atomic E-state index is 11.2. The lowest BCUT2D eigenvalue weighted by Crippen LogP contribution is -2.37. The Balaban J connectivity index is 1.65. The van der Waals surface area contributed by atoms with E-state index < -0.39 is 11.6 Å².